The molecule has 0 spiro atoms. The van der Waals surface area contributed by atoms with E-state index in [9.17, 15) is 14.3 Å². The Morgan fingerprint density at radius 1 is 1.09 bits per heavy atom. The van der Waals surface area contributed by atoms with Crippen LogP contribution in [-0.4, -0.2) is 42.1 Å². The Kier molecular flexibility index (Phi) is 4.39. The van der Waals surface area contributed by atoms with Crippen LogP contribution in [0, 0.1) is 5.82 Å². The van der Waals surface area contributed by atoms with Gasteiger partial charge in [-0.25, -0.2) is 4.39 Å². The van der Waals surface area contributed by atoms with Crippen LogP contribution < -0.4 is 4.90 Å². The third-order valence-electron chi connectivity index (χ3n) is 3.95. The number of anilines is 1. The molecule has 2 aromatic carbocycles. The topological polar surface area (TPSA) is 43.8 Å². The number of para-hydroxylation sites is 2. The molecule has 6 heteroatoms. The molecule has 1 amide bonds. The van der Waals surface area contributed by atoms with Crippen LogP contribution in [0.25, 0.3) is 0 Å². The van der Waals surface area contributed by atoms with Gasteiger partial charge in [-0.15, -0.1) is 0 Å². The first kappa shape index (κ1) is 15.6. The van der Waals surface area contributed by atoms with Gasteiger partial charge < -0.3 is 14.9 Å². The van der Waals surface area contributed by atoms with E-state index in [4.69, 9.17) is 11.6 Å². The predicted octanol–water partition coefficient (Wildman–Crippen LogP) is 3.15. The molecule has 1 fully saturated rings. The average Bonchev–Trinajstić information content (AvgIpc) is 2.55. The largest absolute Gasteiger partial charge is 0.506 e. The van der Waals surface area contributed by atoms with Crippen LogP contribution in [0.5, 0.6) is 5.75 Å². The molecule has 0 atom stereocenters. The van der Waals surface area contributed by atoms with Crippen LogP contribution >= 0.6 is 11.6 Å². The monoisotopic (exact) mass is 334 g/mol. The minimum atomic E-state index is -0.462. The number of benzene rings is 2. The van der Waals surface area contributed by atoms with Crippen molar-refractivity contribution in [3.8, 4) is 5.75 Å². The zero-order valence-corrected chi connectivity index (χ0v) is 13.1. The quantitative estimate of drug-likeness (QED) is 0.917. The first-order valence-electron chi connectivity index (χ1n) is 7.33. The van der Waals surface area contributed by atoms with E-state index in [1.54, 1.807) is 17.0 Å². The van der Waals surface area contributed by atoms with Crippen molar-refractivity contribution in [1.82, 2.24) is 4.90 Å². The summed E-state index contributed by atoms with van der Waals surface area (Å²) in [5, 5.41) is 10.0. The highest BCUT2D eigenvalue weighted by atomic mass is 35.5. The Morgan fingerprint density at radius 3 is 2.43 bits per heavy atom. The summed E-state index contributed by atoms with van der Waals surface area (Å²) in [6, 6.07) is 10.9. The first-order chi connectivity index (χ1) is 11.1. The van der Waals surface area contributed by atoms with Gasteiger partial charge in [-0.2, -0.15) is 0 Å². The highest BCUT2D eigenvalue weighted by molar-refractivity contribution is 6.33. The lowest BCUT2D eigenvalue weighted by molar-refractivity contribution is 0.0747. The number of nitrogens with zero attached hydrogens (tertiary/aromatic N) is 2. The van der Waals surface area contributed by atoms with E-state index in [1.165, 1.54) is 12.1 Å². The van der Waals surface area contributed by atoms with Crippen LogP contribution in [-0.2, 0) is 0 Å². The van der Waals surface area contributed by atoms with E-state index < -0.39 is 5.82 Å². The number of hydrogen-bond acceptors (Lipinski definition) is 3. The van der Waals surface area contributed by atoms with Gasteiger partial charge in [0.25, 0.3) is 5.91 Å². The highest BCUT2D eigenvalue weighted by Crippen LogP contribution is 2.27. The lowest BCUT2D eigenvalue weighted by Crippen LogP contribution is -2.48. The zero-order chi connectivity index (χ0) is 16.4. The summed E-state index contributed by atoms with van der Waals surface area (Å²) in [7, 11) is 0. The maximum atomic E-state index is 13.1. The van der Waals surface area contributed by atoms with Gasteiger partial charge >= 0.3 is 0 Å². The Morgan fingerprint density at radius 2 is 1.78 bits per heavy atom. The standard InChI is InChI=1S/C17H16ClFN2O2/c18-14-11-12(19)5-6-13(14)17(23)21-9-7-20(8-10-21)15-3-1-2-4-16(15)22/h1-6,11,22H,7-10H2. The second-order valence-corrected chi connectivity index (χ2v) is 5.80. The van der Waals surface area contributed by atoms with E-state index in [1.807, 2.05) is 17.0 Å². The number of aromatic hydroxyl groups is 1. The van der Waals surface area contributed by atoms with Gasteiger partial charge in [0, 0.05) is 26.2 Å². The van der Waals surface area contributed by atoms with Crippen LogP contribution in [0.4, 0.5) is 10.1 Å². The summed E-state index contributed by atoms with van der Waals surface area (Å²) in [5.74, 6) is -0.434. The number of halogens is 2. The molecule has 4 nitrogen and oxygen atoms in total. The van der Waals surface area contributed by atoms with Gasteiger partial charge in [-0.1, -0.05) is 23.7 Å². The lowest BCUT2D eigenvalue weighted by Gasteiger charge is -2.36. The Bertz CT molecular complexity index is 730. The van der Waals surface area contributed by atoms with Crippen molar-refractivity contribution in [2.75, 3.05) is 31.1 Å². The first-order valence-corrected chi connectivity index (χ1v) is 7.71. The molecule has 23 heavy (non-hydrogen) atoms. The van der Waals surface area contributed by atoms with Crippen molar-refractivity contribution in [1.29, 1.82) is 0 Å². The molecule has 0 unspecified atom stereocenters. The van der Waals surface area contributed by atoms with E-state index >= 15 is 0 Å². The van der Waals surface area contributed by atoms with Crippen molar-refractivity contribution in [3.05, 3.63) is 58.9 Å². The summed E-state index contributed by atoms with van der Waals surface area (Å²) >= 11 is 5.96. The second kappa shape index (κ2) is 6.46. The van der Waals surface area contributed by atoms with Gasteiger partial charge in [0.15, 0.2) is 0 Å². The minimum Gasteiger partial charge on any atom is -0.506 e. The molecule has 0 saturated carbocycles. The maximum absolute atomic E-state index is 13.1. The van der Waals surface area contributed by atoms with Crippen molar-refractivity contribution < 1.29 is 14.3 Å². The predicted molar refractivity (Wildman–Crippen MR) is 87.6 cm³/mol. The van der Waals surface area contributed by atoms with Crippen molar-refractivity contribution in [2.24, 2.45) is 0 Å². The molecule has 0 radical (unpaired) electrons. The SMILES string of the molecule is O=C(c1ccc(F)cc1Cl)N1CCN(c2ccccc2O)CC1. The summed E-state index contributed by atoms with van der Waals surface area (Å²) in [4.78, 5) is 16.2. The molecule has 2 aromatic rings. The molecule has 1 aliphatic heterocycles. The molecule has 1 N–H and O–H groups in total. The number of carbonyl (C=O) groups is 1. The van der Waals surface area contributed by atoms with E-state index in [0.29, 0.717) is 31.7 Å². The number of phenolic OH excluding ortho intramolecular Hbond substituents is 1. The Labute approximate surface area is 138 Å². The van der Waals surface area contributed by atoms with Gasteiger partial charge in [0.2, 0.25) is 0 Å². The van der Waals surface area contributed by atoms with Crippen LogP contribution in [0.3, 0.4) is 0 Å². The third-order valence-corrected chi connectivity index (χ3v) is 4.26. The smallest absolute Gasteiger partial charge is 0.255 e. The van der Waals surface area contributed by atoms with Crippen LogP contribution in [0.15, 0.2) is 42.5 Å². The molecule has 1 saturated heterocycles. The van der Waals surface area contributed by atoms with Crippen molar-refractivity contribution in [2.45, 2.75) is 0 Å². The van der Waals surface area contributed by atoms with Crippen LogP contribution in [0.1, 0.15) is 10.4 Å². The summed E-state index contributed by atoms with van der Waals surface area (Å²) in [6.45, 7) is 2.26. The number of carbonyl (C=O) groups excluding carboxylic acids is 1. The fraction of sp³-hybridized carbons (Fsp3) is 0.235. The number of phenols is 1. The third kappa shape index (κ3) is 3.24. The molecule has 0 aliphatic carbocycles. The molecule has 0 bridgehead atoms. The van der Waals surface area contributed by atoms with Crippen LogP contribution in [0.2, 0.25) is 5.02 Å². The summed E-state index contributed by atoms with van der Waals surface area (Å²) in [5.41, 5.74) is 1.07. The molecule has 1 aliphatic rings. The van der Waals surface area contributed by atoms with E-state index in [0.717, 1.165) is 11.8 Å². The van der Waals surface area contributed by atoms with E-state index in [-0.39, 0.29) is 16.7 Å². The number of amides is 1. The minimum absolute atomic E-state index is 0.123. The fourth-order valence-electron chi connectivity index (χ4n) is 2.72. The fourth-order valence-corrected chi connectivity index (χ4v) is 2.96. The van der Waals surface area contributed by atoms with Gasteiger partial charge in [-0.05, 0) is 30.3 Å². The van der Waals surface area contributed by atoms with E-state index in [2.05, 4.69) is 0 Å². The molecular weight excluding hydrogens is 319 g/mol. The average molecular weight is 335 g/mol. The molecule has 120 valence electrons. The summed E-state index contributed by atoms with van der Waals surface area (Å²) < 4.78 is 13.1. The van der Waals surface area contributed by atoms with Gasteiger partial charge in [0.1, 0.15) is 11.6 Å². The van der Waals surface area contributed by atoms with Gasteiger partial charge in [0.05, 0.1) is 16.3 Å². The molecule has 1 heterocycles. The number of hydrogen-bond donors (Lipinski definition) is 1. The second-order valence-electron chi connectivity index (χ2n) is 5.39. The van der Waals surface area contributed by atoms with Crippen molar-refractivity contribution >= 4 is 23.2 Å². The molecule has 0 aromatic heterocycles. The maximum Gasteiger partial charge on any atom is 0.255 e. The summed E-state index contributed by atoms with van der Waals surface area (Å²) in [6.07, 6.45) is 0. The normalized spacial score (nSPS) is 14.9. The van der Waals surface area contributed by atoms with Crippen molar-refractivity contribution in [3.63, 3.8) is 0 Å². The molecular formula is C17H16ClFN2O2. The Hall–Kier alpha value is -2.27. The lowest BCUT2D eigenvalue weighted by atomic mass is 10.1. The number of rotatable bonds is 2. The Balaban J connectivity index is 1.69. The van der Waals surface area contributed by atoms with Gasteiger partial charge in [-0.3, -0.25) is 4.79 Å². The zero-order valence-electron chi connectivity index (χ0n) is 12.4. The molecule has 3 rings (SSSR count). The highest BCUT2D eigenvalue weighted by Gasteiger charge is 2.24. The number of piperazine rings is 1.